The maximum atomic E-state index is 6.24. The van der Waals surface area contributed by atoms with E-state index in [-0.39, 0.29) is 14.5 Å². The molecule has 3 aromatic heterocycles. The van der Waals surface area contributed by atoms with Gasteiger partial charge in [0, 0.05) is 0 Å². The molecule has 206 valence electrons. The summed E-state index contributed by atoms with van der Waals surface area (Å²) in [6, 6.07) is 45.4. The van der Waals surface area contributed by atoms with Crippen molar-refractivity contribution in [2.24, 2.45) is 0 Å². The fourth-order valence-corrected chi connectivity index (χ4v) is 8.60. The molecule has 0 aliphatic carbocycles. The average Bonchev–Trinajstić information content (AvgIpc) is 3.71. The molecule has 0 aliphatic heterocycles. The molecule has 9 aromatic rings. The van der Waals surface area contributed by atoms with Gasteiger partial charge >= 0.3 is 259 Å². The molecule has 0 amide bonds. The number of rotatable bonds is 4. The van der Waals surface area contributed by atoms with Crippen LogP contribution >= 0.6 is 0 Å². The summed E-state index contributed by atoms with van der Waals surface area (Å²) in [4.78, 5) is 20.1. The van der Waals surface area contributed by atoms with Crippen molar-refractivity contribution in [3.8, 4) is 45.6 Å². The van der Waals surface area contributed by atoms with E-state index in [4.69, 9.17) is 24.4 Å². The van der Waals surface area contributed by atoms with Crippen LogP contribution in [-0.2, 0) is 0 Å². The van der Waals surface area contributed by atoms with E-state index in [9.17, 15) is 0 Å². The molecule has 6 heteroatoms. The van der Waals surface area contributed by atoms with Crippen LogP contribution in [0.15, 0.2) is 138 Å². The van der Waals surface area contributed by atoms with Gasteiger partial charge in [-0.2, -0.15) is 0 Å². The van der Waals surface area contributed by atoms with Crippen LogP contribution < -0.4 is 0 Å². The quantitative estimate of drug-likeness (QED) is 0.182. The van der Waals surface area contributed by atoms with Crippen molar-refractivity contribution in [2.45, 2.75) is 0 Å². The molecule has 3 heterocycles. The molecule has 0 radical (unpaired) electrons. The van der Waals surface area contributed by atoms with Crippen molar-refractivity contribution in [3.05, 3.63) is 133 Å². The van der Waals surface area contributed by atoms with Gasteiger partial charge in [0.25, 0.3) is 0 Å². The molecule has 0 saturated carbocycles. The summed E-state index contributed by atoms with van der Waals surface area (Å²) in [6.07, 6.45) is 0. The van der Waals surface area contributed by atoms with E-state index in [2.05, 4.69) is 42.5 Å². The second-order valence-electron chi connectivity index (χ2n) is 10.7. The topological polar surface area (TPSA) is 64.7 Å². The van der Waals surface area contributed by atoms with Crippen molar-refractivity contribution in [1.82, 2.24) is 19.9 Å². The summed E-state index contributed by atoms with van der Waals surface area (Å²) in [7, 11) is 0. The average molecular weight is 630 g/mol. The third-order valence-electron chi connectivity index (χ3n) is 7.96. The van der Waals surface area contributed by atoms with E-state index in [1.165, 1.54) is 24.7 Å². The Morgan fingerprint density at radius 2 is 0.977 bits per heavy atom. The summed E-state index contributed by atoms with van der Waals surface area (Å²) in [5.41, 5.74) is 5.64. The van der Waals surface area contributed by atoms with Crippen molar-refractivity contribution in [2.75, 3.05) is 0 Å². The second kappa shape index (κ2) is 10.1. The van der Waals surface area contributed by atoms with E-state index in [1.807, 2.05) is 91.0 Å². The Labute approximate surface area is 258 Å². The van der Waals surface area contributed by atoms with Crippen LogP contribution in [0.3, 0.4) is 0 Å². The zero-order valence-corrected chi connectivity index (χ0v) is 25.0. The predicted octanol–water partition coefficient (Wildman–Crippen LogP) is 9.20. The van der Waals surface area contributed by atoms with Gasteiger partial charge in [-0.05, 0) is 0 Å². The zero-order chi connectivity index (χ0) is 29.0. The molecule has 0 saturated heterocycles. The molecular formula is C38H22N4OSe. The fourth-order valence-electron chi connectivity index (χ4n) is 5.86. The maximum absolute atomic E-state index is 6.24. The molecule has 0 spiro atoms. The van der Waals surface area contributed by atoms with Gasteiger partial charge in [-0.25, -0.2) is 0 Å². The second-order valence-corrected chi connectivity index (χ2v) is 12.8. The van der Waals surface area contributed by atoms with Gasteiger partial charge in [0.2, 0.25) is 0 Å². The summed E-state index contributed by atoms with van der Waals surface area (Å²) >= 11 is 0.0522. The normalized spacial score (nSPS) is 11.6. The molecule has 0 unspecified atom stereocenters. The van der Waals surface area contributed by atoms with Crippen molar-refractivity contribution >= 4 is 55.7 Å². The number of aromatic nitrogens is 4. The van der Waals surface area contributed by atoms with Crippen LogP contribution in [0.25, 0.3) is 86.8 Å². The van der Waals surface area contributed by atoms with Crippen LogP contribution in [0.5, 0.6) is 0 Å². The van der Waals surface area contributed by atoms with Gasteiger partial charge in [-0.1, -0.05) is 0 Å². The molecule has 0 aliphatic rings. The van der Waals surface area contributed by atoms with Gasteiger partial charge in [0.1, 0.15) is 0 Å². The molecule has 0 atom stereocenters. The molecule has 5 nitrogen and oxygen atoms in total. The Morgan fingerprint density at radius 1 is 0.432 bits per heavy atom. The molecule has 6 aromatic carbocycles. The Kier molecular flexibility index (Phi) is 5.76. The Bertz CT molecular complexity index is 2430. The molecule has 0 fully saturated rings. The Hall–Kier alpha value is -5.42. The van der Waals surface area contributed by atoms with Crippen molar-refractivity contribution in [1.29, 1.82) is 0 Å². The van der Waals surface area contributed by atoms with Crippen molar-refractivity contribution < 1.29 is 4.42 Å². The van der Waals surface area contributed by atoms with E-state index in [0.717, 1.165) is 38.7 Å². The monoisotopic (exact) mass is 630 g/mol. The van der Waals surface area contributed by atoms with E-state index in [1.54, 1.807) is 0 Å². The number of fused-ring (bicyclic) bond motifs is 7. The zero-order valence-electron chi connectivity index (χ0n) is 23.3. The first-order valence-electron chi connectivity index (χ1n) is 14.4. The summed E-state index contributed by atoms with van der Waals surface area (Å²) in [6.45, 7) is 0. The number of oxazole rings is 1. The third kappa shape index (κ3) is 4.08. The first-order valence-corrected chi connectivity index (χ1v) is 16.1. The molecule has 44 heavy (non-hydrogen) atoms. The predicted molar refractivity (Wildman–Crippen MR) is 179 cm³/mol. The van der Waals surface area contributed by atoms with Gasteiger partial charge in [0.15, 0.2) is 0 Å². The summed E-state index contributed by atoms with van der Waals surface area (Å²) in [5.74, 6) is 2.62. The van der Waals surface area contributed by atoms with Crippen LogP contribution in [0, 0.1) is 0 Å². The standard InChI is InChI=1S/C38H22N4OSe/c1-4-12-23(13-5-1)35-40-36(24-14-6-2-7-15-24)42-37(41-35)30-22-29-28-20-21-31-32(39-38(43-31)25-16-8-3-9-17-25)34(28)44-33(29)27-19-11-10-18-26(27)30/h1-22H. The van der Waals surface area contributed by atoms with Gasteiger partial charge in [-0.3, -0.25) is 0 Å². The molecule has 0 bridgehead atoms. The number of hydrogen-bond acceptors (Lipinski definition) is 5. The van der Waals surface area contributed by atoms with Crippen LogP contribution in [0.2, 0.25) is 0 Å². The van der Waals surface area contributed by atoms with Crippen molar-refractivity contribution in [3.63, 3.8) is 0 Å². The number of hydrogen-bond donors (Lipinski definition) is 0. The minimum atomic E-state index is 0.0522. The van der Waals surface area contributed by atoms with Gasteiger partial charge < -0.3 is 0 Å². The minimum absolute atomic E-state index is 0.0522. The first kappa shape index (κ1) is 25.1. The first-order chi connectivity index (χ1) is 21.8. The van der Waals surface area contributed by atoms with Gasteiger partial charge in [0.05, 0.1) is 0 Å². The van der Waals surface area contributed by atoms with Crippen LogP contribution in [0.1, 0.15) is 0 Å². The van der Waals surface area contributed by atoms with Crippen LogP contribution in [0.4, 0.5) is 0 Å². The Morgan fingerprint density at radius 3 is 1.64 bits per heavy atom. The third-order valence-corrected chi connectivity index (χ3v) is 10.6. The Balaban J connectivity index is 1.32. The number of nitrogens with zero attached hydrogens (tertiary/aromatic N) is 4. The van der Waals surface area contributed by atoms with E-state index >= 15 is 0 Å². The van der Waals surface area contributed by atoms with E-state index in [0.29, 0.717) is 23.4 Å². The molecule has 9 rings (SSSR count). The SMILES string of the molecule is c1ccc(-c2nc(-c3ccccc3)nc(-c3cc4c5ccc6oc(-c7ccccc7)nc6c5[se]c4c4ccccc34)n2)cc1. The van der Waals surface area contributed by atoms with Crippen LogP contribution in [-0.4, -0.2) is 34.4 Å². The fraction of sp³-hybridized carbons (Fsp3) is 0. The van der Waals surface area contributed by atoms with Gasteiger partial charge in [-0.15, -0.1) is 0 Å². The molecule has 0 N–H and O–H groups in total. The number of benzene rings is 6. The summed E-state index contributed by atoms with van der Waals surface area (Å²) < 4.78 is 8.85. The molecular weight excluding hydrogens is 607 g/mol. The van der Waals surface area contributed by atoms with E-state index < -0.39 is 0 Å². The summed E-state index contributed by atoms with van der Waals surface area (Å²) in [5, 5.41) is 4.77.